The maximum atomic E-state index is 0. The summed E-state index contributed by atoms with van der Waals surface area (Å²) in [7, 11) is 0. The van der Waals surface area contributed by atoms with Crippen LogP contribution in [0.1, 0.15) is 0 Å². The summed E-state index contributed by atoms with van der Waals surface area (Å²) in [5.41, 5.74) is 0. The molecule has 0 aliphatic rings. The number of rotatable bonds is 0. The van der Waals surface area contributed by atoms with Gasteiger partial charge in [0.1, 0.15) is 0 Å². The summed E-state index contributed by atoms with van der Waals surface area (Å²) >= 11 is 0. The van der Waals surface area contributed by atoms with E-state index in [0.717, 1.165) is 0 Å². The third-order valence-electron chi connectivity index (χ3n) is 0. The van der Waals surface area contributed by atoms with Crippen molar-refractivity contribution in [3.8, 4) is 0 Å². The minimum atomic E-state index is 0. The molecular weight excluding hydrogens is 4180 g/mol. The van der Waals surface area contributed by atoms with Crippen molar-refractivity contribution in [3.05, 3.63) is 0 Å². The molecule has 0 aromatic heterocycles. The molecule has 0 amide bonds. The van der Waals surface area contributed by atoms with E-state index in [-0.39, 0.29) is 1250 Å². The maximum absolute atomic E-state index is 0. The van der Waals surface area contributed by atoms with E-state index < -0.39 is 0 Å². The normalized spacial score (nSPS) is 0. The van der Waals surface area contributed by atoms with Gasteiger partial charge in [-0.05, 0) is 0 Å². The molecule has 0 nitrogen and oxygen atoms in total. The molecular formula is Zn64. The zero-order valence-corrected chi connectivity index (χ0v) is 235. The fraction of sp³-hybridized carbons (Fsp3) is 0. The van der Waals surface area contributed by atoms with Crippen molar-refractivity contribution in [2.75, 3.05) is 0 Å². The molecule has 0 heterocycles. The van der Waals surface area contributed by atoms with Crippen LogP contribution in [0.4, 0.5) is 0 Å². The van der Waals surface area contributed by atoms with Crippen molar-refractivity contribution >= 4 is 0 Å². The van der Waals surface area contributed by atoms with E-state index in [1.54, 1.807) is 0 Å². The van der Waals surface area contributed by atoms with Gasteiger partial charge < -0.3 is 0 Å². The molecule has 0 N–H and O–H groups in total. The van der Waals surface area contributed by atoms with Crippen molar-refractivity contribution in [3.63, 3.8) is 0 Å². The first kappa shape index (κ1) is 691. The van der Waals surface area contributed by atoms with Crippen molar-refractivity contribution in [1.82, 2.24) is 0 Å². The molecule has 64 heteroatoms. The van der Waals surface area contributed by atoms with Crippen LogP contribution in [0.5, 0.6) is 0 Å². The monoisotopic (exact) mass is 4090 g/mol. The molecule has 0 saturated carbocycles. The predicted molar refractivity (Wildman–Crippen MR) is 0 cm³/mol. The molecule has 0 rings (SSSR count). The van der Waals surface area contributed by atoms with Gasteiger partial charge in [0, 0.05) is 1250 Å². The Bertz CT molecular complexity index is 0. The molecule has 0 saturated heterocycles. The summed E-state index contributed by atoms with van der Waals surface area (Å²) in [4.78, 5) is 0. The van der Waals surface area contributed by atoms with E-state index in [1.807, 2.05) is 0 Å². The first-order chi connectivity index (χ1) is 0. The summed E-state index contributed by atoms with van der Waals surface area (Å²) in [6.45, 7) is 0. The molecule has 0 spiro atoms. The van der Waals surface area contributed by atoms with Crippen LogP contribution < -0.4 is 0 Å². The van der Waals surface area contributed by atoms with E-state index >= 15 is 0 Å². The van der Waals surface area contributed by atoms with Crippen molar-refractivity contribution < 1.29 is 1250 Å². The van der Waals surface area contributed by atoms with Gasteiger partial charge in [-0.3, -0.25) is 0 Å². The molecule has 0 radical (unpaired) electrons. The second-order valence-electron chi connectivity index (χ2n) is 0. The van der Waals surface area contributed by atoms with Gasteiger partial charge in [-0.25, -0.2) is 0 Å². The third kappa shape index (κ3) is 652. The Morgan fingerprint density at radius 1 is 0.0156 bits per heavy atom. The van der Waals surface area contributed by atoms with Crippen LogP contribution in [-0.2, 0) is 1250 Å². The Morgan fingerprint density at radius 3 is 0.0156 bits per heavy atom. The van der Waals surface area contributed by atoms with Gasteiger partial charge >= 0.3 is 0 Å². The third-order valence-corrected chi connectivity index (χ3v) is 0. The molecule has 128 valence electrons. The van der Waals surface area contributed by atoms with Crippen LogP contribution in [0.3, 0.4) is 0 Å². The smallest absolute Gasteiger partial charge is 0 e. The van der Waals surface area contributed by atoms with Crippen LogP contribution in [0.15, 0.2) is 0 Å². The summed E-state index contributed by atoms with van der Waals surface area (Å²) in [6, 6.07) is 0. The maximum Gasteiger partial charge on any atom is 0 e. The summed E-state index contributed by atoms with van der Waals surface area (Å²) in [5.74, 6) is 0. The van der Waals surface area contributed by atoms with E-state index in [0.29, 0.717) is 0 Å². The van der Waals surface area contributed by atoms with E-state index in [2.05, 4.69) is 0 Å². The second kappa shape index (κ2) is 671. The Labute approximate surface area is 1210 Å². The molecule has 0 aliphatic carbocycles. The van der Waals surface area contributed by atoms with E-state index in [1.165, 1.54) is 0 Å². The fourth-order valence-electron chi connectivity index (χ4n) is 0. The Balaban J connectivity index is 0. The van der Waals surface area contributed by atoms with Crippen molar-refractivity contribution in [1.29, 1.82) is 0 Å². The first-order valence-corrected chi connectivity index (χ1v) is 0. The van der Waals surface area contributed by atoms with Crippen molar-refractivity contribution in [2.24, 2.45) is 0 Å². The summed E-state index contributed by atoms with van der Waals surface area (Å²) in [6.07, 6.45) is 0. The largest absolute Gasteiger partial charge is 0 e. The van der Waals surface area contributed by atoms with Gasteiger partial charge in [-0.1, -0.05) is 0 Å². The molecule has 0 aromatic carbocycles. The predicted octanol–water partition coefficient (Wildman–Crippen LogP) is -0.160. The van der Waals surface area contributed by atoms with Crippen LogP contribution in [0.25, 0.3) is 0 Å². The standard InChI is InChI=1S/64Zn. The minimum Gasteiger partial charge on any atom is 0 e. The molecule has 0 atom stereocenters. The zero-order valence-electron chi connectivity index (χ0n) is 45.3. The van der Waals surface area contributed by atoms with Gasteiger partial charge in [-0.2, -0.15) is 0 Å². The first-order valence-electron chi connectivity index (χ1n) is 0. The average Bonchev–Trinajstić information content (AvgIpc) is 0. The zero-order chi connectivity index (χ0) is 0. The molecule has 0 unspecified atom stereocenters. The topological polar surface area (TPSA) is 0 Å². The molecule has 0 bridgehead atoms. The Kier molecular flexibility index (Phi) is 7250. The Morgan fingerprint density at radius 2 is 0.0156 bits per heavy atom. The molecule has 64 heavy (non-hydrogen) atoms. The van der Waals surface area contributed by atoms with Gasteiger partial charge in [0.2, 0.25) is 0 Å². The van der Waals surface area contributed by atoms with Crippen LogP contribution in [0.2, 0.25) is 0 Å². The second-order valence-corrected chi connectivity index (χ2v) is 0. The molecule has 0 aromatic rings. The van der Waals surface area contributed by atoms with E-state index in [9.17, 15) is 0 Å². The minimum absolute atomic E-state index is 0. The number of hydrogen-bond acceptors (Lipinski definition) is 0. The van der Waals surface area contributed by atoms with Gasteiger partial charge in [0.25, 0.3) is 0 Å². The summed E-state index contributed by atoms with van der Waals surface area (Å²) in [5, 5.41) is 0. The average molecular weight is 4180 g/mol. The number of hydrogen-bond donors (Lipinski definition) is 0. The quantitative estimate of drug-likeness (QED) is 0.297. The van der Waals surface area contributed by atoms with Crippen LogP contribution >= 0.6 is 0 Å². The van der Waals surface area contributed by atoms with E-state index in [4.69, 9.17) is 0 Å². The van der Waals surface area contributed by atoms with Gasteiger partial charge in [0.15, 0.2) is 0 Å². The fourth-order valence-corrected chi connectivity index (χ4v) is 0. The molecule has 0 aliphatic heterocycles. The van der Waals surface area contributed by atoms with Gasteiger partial charge in [0.05, 0.1) is 0 Å². The molecule has 0 fully saturated rings. The van der Waals surface area contributed by atoms with Crippen molar-refractivity contribution in [2.45, 2.75) is 0 Å². The van der Waals surface area contributed by atoms with Crippen LogP contribution in [-0.4, -0.2) is 0 Å². The Hall–Kier alpha value is 39.9. The SMILES string of the molecule is [Zn].[Zn].[Zn].[Zn].[Zn].[Zn].[Zn].[Zn].[Zn].[Zn].[Zn].[Zn].[Zn].[Zn].[Zn].[Zn].[Zn].[Zn].[Zn].[Zn].[Zn].[Zn].[Zn].[Zn].[Zn].[Zn].[Zn].[Zn].[Zn].[Zn].[Zn].[Zn].[Zn].[Zn].[Zn].[Zn].[Zn].[Zn].[Zn].[Zn].[Zn].[Zn].[Zn].[Zn].[Zn].[Zn].[Zn].[Zn].[Zn].[Zn].[Zn].[Zn].[Zn].[Zn].[Zn].[Zn].[Zn].[Zn].[Zn].[Zn].[Zn].[Zn].[Zn].[Zn]. The van der Waals surface area contributed by atoms with Crippen LogP contribution in [0, 0.1) is 0 Å². The van der Waals surface area contributed by atoms with Gasteiger partial charge in [-0.15, -0.1) is 0 Å². The summed E-state index contributed by atoms with van der Waals surface area (Å²) < 4.78 is 0.